The molecule has 1 amide bonds. The number of hydrogen-bond donors (Lipinski definition) is 2. The Kier molecular flexibility index (Phi) is 4.72. The molecular formula is C14H15F4NO3. The Morgan fingerprint density at radius 2 is 1.95 bits per heavy atom. The molecular weight excluding hydrogens is 306 g/mol. The molecule has 1 heterocycles. The second-order valence-electron chi connectivity index (χ2n) is 5.21. The van der Waals surface area contributed by atoms with E-state index in [4.69, 9.17) is 4.74 Å². The number of halogens is 4. The maximum Gasteiger partial charge on any atom is 0.419 e. The number of benzene rings is 1. The fourth-order valence-electron chi connectivity index (χ4n) is 2.16. The van der Waals surface area contributed by atoms with Crippen molar-refractivity contribution in [3.63, 3.8) is 0 Å². The molecule has 0 spiro atoms. The van der Waals surface area contributed by atoms with E-state index in [1.807, 2.05) is 0 Å². The van der Waals surface area contributed by atoms with Gasteiger partial charge in [0.1, 0.15) is 5.82 Å². The van der Waals surface area contributed by atoms with Gasteiger partial charge in [-0.3, -0.25) is 4.79 Å². The first-order valence-corrected chi connectivity index (χ1v) is 6.66. The van der Waals surface area contributed by atoms with Crippen molar-refractivity contribution >= 4 is 5.91 Å². The number of nitrogens with one attached hydrogen (secondary N) is 1. The van der Waals surface area contributed by atoms with Crippen LogP contribution in [0.3, 0.4) is 0 Å². The number of ether oxygens (including phenoxy) is 1. The van der Waals surface area contributed by atoms with E-state index in [2.05, 4.69) is 5.32 Å². The van der Waals surface area contributed by atoms with Crippen LogP contribution in [0.4, 0.5) is 17.6 Å². The van der Waals surface area contributed by atoms with Crippen LogP contribution in [0.5, 0.6) is 0 Å². The molecule has 0 aliphatic carbocycles. The topological polar surface area (TPSA) is 58.6 Å². The average Bonchev–Trinajstić information content (AvgIpc) is 2.45. The van der Waals surface area contributed by atoms with E-state index in [0.717, 1.165) is 6.07 Å². The summed E-state index contributed by atoms with van der Waals surface area (Å²) < 4.78 is 56.1. The third-order valence-corrected chi connectivity index (χ3v) is 3.54. The van der Waals surface area contributed by atoms with Crippen molar-refractivity contribution in [3.8, 4) is 0 Å². The summed E-state index contributed by atoms with van der Waals surface area (Å²) in [6, 6.07) is 2.02. The molecule has 0 saturated carbocycles. The van der Waals surface area contributed by atoms with Gasteiger partial charge in [-0.15, -0.1) is 0 Å². The average molecular weight is 321 g/mol. The van der Waals surface area contributed by atoms with Crippen molar-refractivity contribution in [2.45, 2.75) is 24.6 Å². The van der Waals surface area contributed by atoms with Gasteiger partial charge in [0.25, 0.3) is 5.91 Å². The highest BCUT2D eigenvalue weighted by molar-refractivity contribution is 5.94. The first-order chi connectivity index (χ1) is 10.2. The van der Waals surface area contributed by atoms with Gasteiger partial charge >= 0.3 is 6.18 Å². The fourth-order valence-corrected chi connectivity index (χ4v) is 2.16. The summed E-state index contributed by atoms with van der Waals surface area (Å²) >= 11 is 0. The minimum atomic E-state index is -4.88. The van der Waals surface area contributed by atoms with Crippen LogP contribution >= 0.6 is 0 Å². The summed E-state index contributed by atoms with van der Waals surface area (Å²) in [6.07, 6.45) is -4.23. The van der Waals surface area contributed by atoms with Crippen LogP contribution in [0.15, 0.2) is 18.2 Å². The predicted octanol–water partition coefficient (Wildman–Crippen LogP) is 2.12. The molecule has 2 rings (SSSR count). The zero-order valence-electron chi connectivity index (χ0n) is 11.5. The lowest BCUT2D eigenvalue weighted by Gasteiger charge is -2.32. The fraction of sp³-hybridized carbons (Fsp3) is 0.500. The van der Waals surface area contributed by atoms with Crippen molar-refractivity contribution in [2.75, 3.05) is 19.8 Å². The third kappa shape index (κ3) is 3.95. The molecule has 1 aromatic rings. The van der Waals surface area contributed by atoms with Crippen LogP contribution in [-0.4, -0.2) is 36.4 Å². The molecule has 1 fully saturated rings. The molecule has 122 valence electrons. The van der Waals surface area contributed by atoms with Gasteiger partial charge < -0.3 is 15.2 Å². The van der Waals surface area contributed by atoms with Crippen LogP contribution in [0, 0.1) is 5.82 Å². The molecule has 22 heavy (non-hydrogen) atoms. The Morgan fingerprint density at radius 3 is 2.55 bits per heavy atom. The molecule has 0 radical (unpaired) electrons. The SMILES string of the molecule is O=C(NCC1(O)CCOCC1)c1ccc(F)c(C(F)(F)F)c1. The van der Waals surface area contributed by atoms with Crippen molar-refractivity contribution in [2.24, 2.45) is 0 Å². The minimum absolute atomic E-state index is 0.103. The number of aliphatic hydroxyl groups is 1. The van der Waals surface area contributed by atoms with Gasteiger partial charge in [0.05, 0.1) is 11.2 Å². The largest absolute Gasteiger partial charge is 0.419 e. The van der Waals surface area contributed by atoms with Crippen molar-refractivity contribution in [3.05, 3.63) is 35.1 Å². The van der Waals surface area contributed by atoms with Gasteiger partial charge in [-0.25, -0.2) is 4.39 Å². The van der Waals surface area contributed by atoms with Gasteiger partial charge in [0.2, 0.25) is 0 Å². The van der Waals surface area contributed by atoms with Crippen molar-refractivity contribution < 1.29 is 32.2 Å². The van der Waals surface area contributed by atoms with Gasteiger partial charge in [0.15, 0.2) is 0 Å². The Bertz CT molecular complexity index is 554. The highest BCUT2D eigenvalue weighted by atomic mass is 19.4. The zero-order valence-corrected chi connectivity index (χ0v) is 11.5. The van der Waals surface area contributed by atoms with E-state index in [1.54, 1.807) is 0 Å². The first kappa shape index (κ1) is 16.7. The lowest BCUT2D eigenvalue weighted by atomic mass is 9.94. The molecule has 1 aromatic carbocycles. The van der Waals surface area contributed by atoms with E-state index < -0.39 is 29.1 Å². The number of rotatable bonds is 3. The summed E-state index contributed by atoms with van der Waals surface area (Å²) in [4.78, 5) is 11.9. The van der Waals surface area contributed by atoms with Crippen molar-refractivity contribution in [1.82, 2.24) is 5.32 Å². The van der Waals surface area contributed by atoms with E-state index in [0.29, 0.717) is 38.2 Å². The van der Waals surface area contributed by atoms with Crippen LogP contribution in [0.2, 0.25) is 0 Å². The predicted molar refractivity (Wildman–Crippen MR) is 68.7 cm³/mol. The van der Waals surface area contributed by atoms with Gasteiger partial charge in [-0.05, 0) is 18.2 Å². The summed E-state index contributed by atoms with van der Waals surface area (Å²) in [5.74, 6) is -2.24. The molecule has 1 aliphatic rings. The molecule has 0 atom stereocenters. The first-order valence-electron chi connectivity index (χ1n) is 6.66. The second-order valence-corrected chi connectivity index (χ2v) is 5.21. The molecule has 0 unspecified atom stereocenters. The molecule has 2 N–H and O–H groups in total. The summed E-state index contributed by atoms with van der Waals surface area (Å²) in [6.45, 7) is 0.593. The van der Waals surface area contributed by atoms with Crippen LogP contribution < -0.4 is 5.32 Å². The molecule has 8 heteroatoms. The highest BCUT2D eigenvalue weighted by Crippen LogP contribution is 2.31. The lowest BCUT2D eigenvalue weighted by molar-refractivity contribution is -0.140. The summed E-state index contributed by atoms with van der Waals surface area (Å²) in [5.41, 5.74) is -2.95. The van der Waals surface area contributed by atoms with Crippen molar-refractivity contribution in [1.29, 1.82) is 0 Å². The summed E-state index contributed by atoms with van der Waals surface area (Å²) in [7, 11) is 0. The van der Waals surface area contributed by atoms with Gasteiger partial charge in [0, 0.05) is 38.2 Å². The van der Waals surface area contributed by atoms with Crippen LogP contribution in [-0.2, 0) is 10.9 Å². The minimum Gasteiger partial charge on any atom is -0.388 e. The molecule has 1 aliphatic heterocycles. The van der Waals surface area contributed by atoms with Gasteiger partial charge in [-0.1, -0.05) is 0 Å². The molecule has 0 aromatic heterocycles. The van der Waals surface area contributed by atoms with Gasteiger partial charge in [-0.2, -0.15) is 13.2 Å². The Morgan fingerprint density at radius 1 is 1.32 bits per heavy atom. The van der Waals surface area contributed by atoms with E-state index in [1.165, 1.54) is 0 Å². The highest BCUT2D eigenvalue weighted by Gasteiger charge is 2.35. The Labute approximate surface area is 124 Å². The number of amides is 1. The zero-order chi connectivity index (χ0) is 16.4. The molecule has 4 nitrogen and oxygen atoms in total. The number of carbonyl (C=O) groups is 1. The van der Waals surface area contributed by atoms with E-state index in [9.17, 15) is 27.5 Å². The quantitative estimate of drug-likeness (QED) is 0.839. The molecule has 1 saturated heterocycles. The number of carbonyl (C=O) groups excluding carboxylic acids is 1. The maximum atomic E-state index is 13.2. The smallest absolute Gasteiger partial charge is 0.388 e. The third-order valence-electron chi connectivity index (χ3n) is 3.54. The van der Waals surface area contributed by atoms with Crippen LogP contribution in [0.25, 0.3) is 0 Å². The van der Waals surface area contributed by atoms with E-state index in [-0.39, 0.29) is 12.1 Å². The number of hydrogen-bond acceptors (Lipinski definition) is 3. The Balaban J connectivity index is 2.07. The second kappa shape index (κ2) is 6.21. The number of alkyl halides is 3. The monoisotopic (exact) mass is 321 g/mol. The lowest BCUT2D eigenvalue weighted by Crippen LogP contribution is -2.46. The Hall–Kier alpha value is -1.67. The van der Waals surface area contributed by atoms with Crippen LogP contribution in [0.1, 0.15) is 28.8 Å². The summed E-state index contributed by atoms with van der Waals surface area (Å²) in [5, 5.41) is 12.5. The normalized spacial score (nSPS) is 18.0. The molecule has 0 bridgehead atoms. The standard InChI is InChI=1S/C14H15F4NO3/c15-11-2-1-9(7-10(11)14(16,17)18)12(20)19-8-13(21)3-5-22-6-4-13/h1-2,7,21H,3-6,8H2,(H,19,20). The maximum absolute atomic E-state index is 13.2. The van der Waals surface area contributed by atoms with E-state index >= 15 is 0 Å².